The summed E-state index contributed by atoms with van der Waals surface area (Å²) in [5, 5.41) is 8.57. The highest BCUT2D eigenvalue weighted by Gasteiger charge is 2.04. The van der Waals surface area contributed by atoms with Gasteiger partial charge in [0, 0.05) is 24.6 Å². The predicted molar refractivity (Wildman–Crippen MR) is 68.0 cm³/mol. The van der Waals surface area contributed by atoms with Crippen molar-refractivity contribution in [1.29, 1.82) is 0 Å². The van der Waals surface area contributed by atoms with Crippen molar-refractivity contribution in [3.63, 3.8) is 0 Å². The van der Waals surface area contributed by atoms with Crippen LogP contribution in [0.3, 0.4) is 0 Å². The van der Waals surface area contributed by atoms with E-state index in [1.165, 1.54) is 12.1 Å². The SMILES string of the molecule is O=C(O)CCCc1nccc(-c2cccc(F)c2)n1. The van der Waals surface area contributed by atoms with Crippen LogP contribution < -0.4 is 0 Å². The van der Waals surface area contributed by atoms with E-state index in [1.54, 1.807) is 24.4 Å². The van der Waals surface area contributed by atoms with Crippen LogP contribution in [0.1, 0.15) is 18.7 Å². The topological polar surface area (TPSA) is 63.1 Å². The van der Waals surface area contributed by atoms with Gasteiger partial charge in [-0.3, -0.25) is 4.79 Å². The van der Waals surface area contributed by atoms with Gasteiger partial charge < -0.3 is 5.11 Å². The summed E-state index contributed by atoms with van der Waals surface area (Å²) >= 11 is 0. The number of carboxylic acids is 1. The molecule has 0 saturated heterocycles. The number of carbonyl (C=O) groups is 1. The van der Waals surface area contributed by atoms with Crippen molar-refractivity contribution in [3.05, 3.63) is 48.2 Å². The Balaban J connectivity index is 2.13. The third-order valence-electron chi connectivity index (χ3n) is 2.62. The summed E-state index contributed by atoms with van der Waals surface area (Å²) in [5.41, 5.74) is 1.32. The van der Waals surface area contributed by atoms with Gasteiger partial charge in [-0.05, 0) is 24.6 Å². The molecular formula is C14H13FN2O2. The number of aromatic nitrogens is 2. The molecule has 0 saturated carbocycles. The van der Waals surface area contributed by atoms with Crippen molar-refractivity contribution in [3.8, 4) is 11.3 Å². The quantitative estimate of drug-likeness (QED) is 0.897. The number of carboxylic acid groups (broad SMARTS) is 1. The van der Waals surface area contributed by atoms with Crippen LogP contribution in [0.4, 0.5) is 4.39 Å². The molecule has 0 aliphatic carbocycles. The zero-order valence-corrected chi connectivity index (χ0v) is 10.2. The fourth-order valence-corrected chi connectivity index (χ4v) is 1.73. The monoisotopic (exact) mass is 260 g/mol. The summed E-state index contributed by atoms with van der Waals surface area (Å²) in [7, 11) is 0. The van der Waals surface area contributed by atoms with E-state index in [-0.39, 0.29) is 12.2 Å². The molecule has 98 valence electrons. The first-order valence-corrected chi connectivity index (χ1v) is 5.95. The van der Waals surface area contributed by atoms with Crippen molar-refractivity contribution < 1.29 is 14.3 Å². The number of aryl methyl sites for hydroxylation is 1. The molecule has 0 aliphatic rings. The molecule has 1 aromatic carbocycles. The van der Waals surface area contributed by atoms with Crippen LogP contribution in [-0.4, -0.2) is 21.0 Å². The molecule has 0 fully saturated rings. The molecule has 0 bridgehead atoms. The van der Waals surface area contributed by atoms with Crippen LogP contribution in [0.25, 0.3) is 11.3 Å². The second-order valence-electron chi connectivity index (χ2n) is 4.12. The van der Waals surface area contributed by atoms with Gasteiger partial charge in [-0.15, -0.1) is 0 Å². The van der Waals surface area contributed by atoms with Crippen LogP contribution in [0.2, 0.25) is 0 Å². The zero-order chi connectivity index (χ0) is 13.7. The number of rotatable bonds is 5. The number of aliphatic carboxylic acids is 1. The average Bonchev–Trinajstić information content (AvgIpc) is 2.39. The first-order chi connectivity index (χ1) is 9.15. The fraction of sp³-hybridized carbons (Fsp3) is 0.214. The van der Waals surface area contributed by atoms with E-state index in [9.17, 15) is 9.18 Å². The van der Waals surface area contributed by atoms with E-state index in [2.05, 4.69) is 9.97 Å². The molecule has 0 radical (unpaired) electrons. The lowest BCUT2D eigenvalue weighted by Gasteiger charge is -2.03. The van der Waals surface area contributed by atoms with Crippen LogP contribution in [0.5, 0.6) is 0 Å². The molecule has 19 heavy (non-hydrogen) atoms. The second kappa shape index (κ2) is 6.04. The zero-order valence-electron chi connectivity index (χ0n) is 10.2. The van der Waals surface area contributed by atoms with Crippen molar-refractivity contribution in [1.82, 2.24) is 9.97 Å². The van der Waals surface area contributed by atoms with E-state index in [0.29, 0.717) is 29.9 Å². The van der Waals surface area contributed by atoms with Crippen molar-refractivity contribution in [2.45, 2.75) is 19.3 Å². The number of hydrogen-bond donors (Lipinski definition) is 1. The first kappa shape index (κ1) is 13.1. The summed E-state index contributed by atoms with van der Waals surface area (Å²) in [6.45, 7) is 0. The Bertz CT molecular complexity index is 587. The Morgan fingerprint density at radius 3 is 2.89 bits per heavy atom. The standard InChI is InChI=1S/C14H13FN2O2/c15-11-4-1-3-10(9-11)12-7-8-16-13(17-12)5-2-6-14(18)19/h1,3-4,7-9H,2,5-6H2,(H,18,19). The lowest BCUT2D eigenvalue weighted by Crippen LogP contribution is -2.00. The number of benzene rings is 1. The molecule has 5 heteroatoms. The highest BCUT2D eigenvalue weighted by atomic mass is 19.1. The van der Waals surface area contributed by atoms with Gasteiger partial charge in [-0.2, -0.15) is 0 Å². The molecule has 0 spiro atoms. The molecule has 1 aromatic heterocycles. The highest BCUT2D eigenvalue weighted by Crippen LogP contribution is 2.17. The predicted octanol–water partition coefficient (Wildman–Crippen LogP) is 2.69. The van der Waals surface area contributed by atoms with E-state index in [4.69, 9.17) is 5.11 Å². The Morgan fingerprint density at radius 1 is 1.32 bits per heavy atom. The molecule has 0 atom stereocenters. The third-order valence-corrected chi connectivity index (χ3v) is 2.62. The van der Waals surface area contributed by atoms with Crippen molar-refractivity contribution in [2.24, 2.45) is 0 Å². The van der Waals surface area contributed by atoms with Gasteiger partial charge in [0.25, 0.3) is 0 Å². The minimum Gasteiger partial charge on any atom is -0.481 e. The molecule has 0 aliphatic heterocycles. The van der Waals surface area contributed by atoms with E-state index < -0.39 is 5.97 Å². The highest BCUT2D eigenvalue weighted by molar-refractivity contribution is 5.66. The van der Waals surface area contributed by atoms with E-state index in [1.807, 2.05) is 0 Å². The largest absolute Gasteiger partial charge is 0.481 e. The van der Waals surface area contributed by atoms with Gasteiger partial charge in [0.05, 0.1) is 5.69 Å². The number of nitrogens with zero attached hydrogens (tertiary/aromatic N) is 2. The van der Waals surface area contributed by atoms with Crippen LogP contribution in [-0.2, 0) is 11.2 Å². The van der Waals surface area contributed by atoms with Crippen LogP contribution in [0.15, 0.2) is 36.5 Å². The van der Waals surface area contributed by atoms with Crippen LogP contribution >= 0.6 is 0 Å². The van der Waals surface area contributed by atoms with E-state index in [0.717, 1.165) is 0 Å². The number of hydrogen-bond acceptors (Lipinski definition) is 3. The van der Waals surface area contributed by atoms with Gasteiger partial charge in [0.15, 0.2) is 0 Å². The summed E-state index contributed by atoms with van der Waals surface area (Å²) in [5.74, 6) is -0.576. The third kappa shape index (κ3) is 3.84. The fourth-order valence-electron chi connectivity index (χ4n) is 1.73. The van der Waals surface area contributed by atoms with Crippen molar-refractivity contribution >= 4 is 5.97 Å². The Hall–Kier alpha value is -2.30. The van der Waals surface area contributed by atoms with Crippen LogP contribution in [0, 0.1) is 5.82 Å². The van der Waals surface area contributed by atoms with Gasteiger partial charge >= 0.3 is 5.97 Å². The molecular weight excluding hydrogens is 247 g/mol. The van der Waals surface area contributed by atoms with Gasteiger partial charge in [0.1, 0.15) is 11.6 Å². The maximum Gasteiger partial charge on any atom is 0.303 e. The normalized spacial score (nSPS) is 10.4. The smallest absolute Gasteiger partial charge is 0.303 e. The lowest BCUT2D eigenvalue weighted by molar-refractivity contribution is -0.137. The summed E-state index contributed by atoms with van der Waals surface area (Å²) in [6, 6.07) is 7.88. The van der Waals surface area contributed by atoms with E-state index >= 15 is 0 Å². The molecule has 0 unspecified atom stereocenters. The molecule has 2 aromatic rings. The van der Waals surface area contributed by atoms with Gasteiger partial charge in [-0.25, -0.2) is 14.4 Å². The summed E-state index contributed by atoms with van der Waals surface area (Å²) in [6.07, 6.45) is 2.67. The Morgan fingerprint density at radius 2 is 2.16 bits per heavy atom. The summed E-state index contributed by atoms with van der Waals surface area (Å²) < 4.78 is 13.1. The summed E-state index contributed by atoms with van der Waals surface area (Å²) in [4.78, 5) is 18.8. The Labute approximate surface area is 110 Å². The molecule has 1 heterocycles. The van der Waals surface area contributed by atoms with Gasteiger partial charge in [-0.1, -0.05) is 12.1 Å². The molecule has 1 N–H and O–H groups in total. The number of halogens is 1. The second-order valence-corrected chi connectivity index (χ2v) is 4.12. The van der Waals surface area contributed by atoms with Gasteiger partial charge in [0.2, 0.25) is 0 Å². The maximum absolute atomic E-state index is 13.1. The first-order valence-electron chi connectivity index (χ1n) is 5.95. The minimum absolute atomic E-state index is 0.0908. The average molecular weight is 260 g/mol. The molecule has 4 nitrogen and oxygen atoms in total. The molecule has 2 rings (SSSR count). The van der Waals surface area contributed by atoms with Crippen molar-refractivity contribution in [2.75, 3.05) is 0 Å². The Kier molecular flexibility index (Phi) is 4.18. The maximum atomic E-state index is 13.1. The lowest BCUT2D eigenvalue weighted by atomic mass is 10.1. The minimum atomic E-state index is -0.832. The molecule has 0 amide bonds.